The van der Waals surface area contributed by atoms with Crippen LogP contribution in [0.5, 0.6) is 5.75 Å². The highest BCUT2D eigenvalue weighted by molar-refractivity contribution is 5.96. The summed E-state index contributed by atoms with van der Waals surface area (Å²) in [4.78, 5) is 15.9. The second-order valence-electron chi connectivity index (χ2n) is 4.00. The van der Waals surface area contributed by atoms with Crippen LogP contribution in [0.15, 0.2) is 42.7 Å². The zero-order valence-corrected chi connectivity index (χ0v) is 10.1. The lowest BCUT2D eigenvalue weighted by Crippen LogP contribution is -2.23. The maximum Gasteiger partial charge on any atom is 0.255 e. The highest BCUT2D eigenvalue weighted by Crippen LogP contribution is 2.15. The van der Waals surface area contributed by atoms with Crippen LogP contribution in [0.1, 0.15) is 21.5 Å². The Balaban J connectivity index is 2.06. The molecule has 2 N–H and O–H groups in total. The first-order chi connectivity index (χ1) is 8.68. The topological polar surface area (TPSA) is 62.2 Å². The SMILES string of the molecule is Cc1ccncc1CNC(=O)c1ccccc1O. The summed E-state index contributed by atoms with van der Waals surface area (Å²) in [5, 5.41) is 12.3. The molecule has 0 aliphatic heterocycles. The smallest absolute Gasteiger partial charge is 0.255 e. The first-order valence-electron chi connectivity index (χ1n) is 5.64. The molecule has 2 aromatic rings. The molecule has 0 spiro atoms. The van der Waals surface area contributed by atoms with Gasteiger partial charge in [-0.1, -0.05) is 12.1 Å². The lowest BCUT2D eigenvalue weighted by atomic mass is 10.1. The fraction of sp³-hybridized carbons (Fsp3) is 0.143. The molecule has 0 aliphatic rings. The average molecular weight is 242 g/mol. The summed E-state index contributed by atoms with van der Waals surface area (Å²) in [6.07, 6.45) is 3.43. The summed E-state index contributed by atoms with van der Waals surface area (Å²) >= 11 is 0. The molecule has 1 amide bonds. The molecule has 0 fully saturated rings. The van der Waals surface area contributed by atoms with Crippen LogP contribution in [-0.4, -0.2) is 16.0 Å². The monoisotopic (exact) mass is 242 g/mol. The molecule has 1 aromatic carbocycles. The van der Waals surface area contributed by atoms with Crippen molar-refractivity contribution >= 4 is 5.91 Å². The number of hydrogen-bond donors (Lipinski definition) is 2. The molecule has 1 aromatic heterocycles. The van der Waals surface area contributed by atoms with E-state index in [1.165, 1.54) is 6.07 Å². The van der Waals surface area contributed by atoms with Crippen molar-refractivity contribution in [3.63, 3.8) is 0 Å². The summed E-state index contributed by atoms with van der Waals surface area (Å²) < 4.78 is 0. The van der Waals surface area contributed by atoms with Gasteiger partial charge in [0.25, 0.3) is 5.91 Å². The van der Waals surface area contributed by atoms with Crippen LogP contribution in [0.2, 0.25) is 0 Å². The Morgan fingerprint density at radius 2 is 2.11 bits per heavy atom. The highest BCUT2D eigenvalue weighted by Gasteiger charge is 2.09. The highest BCUT2D eigenvalue weighted by atomic mass is 16.3. The van der Waals surface area contributed by atoms with Gasteiger partial charge < -0.3 is 10.4 Å². The van der Waals surface area contributed by atoms with Crippen molar-refractivity contribution in [1.29, 1.82) is 0 Å². The Bertz CT molecular complexity index is 567. The minimum absolute atomic E-state index is 0.0158. The summed E-state index contributed by atoms with van der Waals surface area (Å²) in [7, 11) is 0. The van der Waals surface area contributed by atoms with Crippen LogP contribution < -0.4 is 5.32 Å². The van der Waals surface area contributed by atoms with E-state index in [-0.39, 0.29) is 17.2 Å². The first-order valence-corrected chi connectivity index (χ1v) is 5.64. The van der Waals surface area contributed by atoms with Gasteiger partial charge in [0.2, 0.25) is 0 Å². The molecular formula is C14H14N2O2. The minimum Gasteiger partial charge on any atom is -0.507 e. The Morgan fingerprint density at radius 3 is 2.83 bits per heavy atom. The molecule has 0 unspecified atom stereocenters. The fourth-order valence-corrected chi connectivity index (χ4v) is 1.62. The van der Waals surface area contributed by atoms with E-state index in [1.807, 2.05) is 13.0 Å². The molecule has 0 radical (unpaired) electrons. The van der Waals surface area contributed by atoms with E-state index in [4.69, 9.17) is 0 Å². The van der Waals surface area contributed by atoms with Crippen molar-refractivity contribution in [3.8, 4) is 5.75 Å². The third-order valence-electron chi connectivity index (χ3n) is 2.74. The second-order valence-corrected chi connectivity index (χ2v) is 4.00. The lowest BCUT2D eigenvalue weighted by Gasteiger charge is -2.08. The van der Waals surface area contributed by atoms with Crippen molar-refractivity contribution in [3.05, 3.63) is 59.4 Å². The molecule has 92 valence electrons. The van der Waals surface area contributed by atoms with Crippen LogP contribution in [-0.2, 0) is 6.54 Å². The molecule has 0 aliphatic carbocycles. The number of nitrogens with one attached hydrogen (secondary N) is 1. The number of carbonyl (C=O) groups is 1. The third-order valence-corrected chi connectivity index (χ3v) is 2.74. The number of benzene rings is 1. The number of hydrogen-bond acceptors (Lipinski definition) is 3. The number of phenols is 1. The van der Waals surface area contributed by atoms with E-state index in [0.29, 0.717) is 6.54 Å². The van der Waals surface area contributed by atoms with Crippen molar-refractivity contribution in [2.24, 2.45) is 0 Å². The van der Waals surface area contributed by atoms with Crippen LogP contribution in [0.3, 0.4) is 0 Å². The second kappa shape index (κ2) is 5.31. The molecule has 0 saturated carbocycles. The summed E-state index contributed by atoms with van der Waals surface area (Å²) in [6.45, 7) is 2.36. The predicted octanol–water partition coefficient (Wildman–Crippen LogP) is 2.03. The number of pyridine rings is 1. The Hall–Kier alpha value is -2.36. The van der Waals surface area contributed by atoms with Crippen molar-refractivity contribution in [2.75, 3.05) is 0 Å². The predicted molar refractivity (Wildman–Crippen MR) is 68.3 cm³/mol. The van der Waals surface area contributed by atoms with Crippen molar-refractivity contribution in [2.45, 2.75) is 13.5 Å². The fourth-order valence-electron chi connectivity index (χ4n) is 1.62. The zero-order chi connectivity index (χ0) is 13.0. The average Bonchev–Trinajstić information content (AvgIpc) is 2.38. The molecule has 0 atom stereocenters. The van der Waals surface area contributed by atoms with Gasteiger partial charge in [-0.3, -0.25) is 9.78 Å². The van der Waals surface area contributed by atoms with Crippen molar-refractivity contribution in [1.82, 2.24) is 10.3 Å². The summed E-state index contributed by atoms with van der Waals surface area (Å²) in [6, 6.07) is 8.35. The molecule has 0 saturated heterocycles. The normalized spacial score (nSPS) is 10.1. The number of aryl methyl sites for hydroxylation is 1. The molecule has 18 heavy (non-hydrogen) atoms. The van der Waals surface area contributed by atoms with Gasteiger partial charge in [0.1, 0.15) is 5.75 Å². The zero-order valence-electron chi connectivity index (χ0n) is 10.1. The standard InChI is InChI=1S/C14H14N2O2/c1-10-6-7-15-8-11(10)9-16-14(18)12-4-2-3-5-13(12)17/h2-8,17H,9H2,1H3,(H,16,18). The number of carbonyl (C=O) groups excluding carboxylic acids is 1. The van der Waals surface area contributed by atoms with E-state index < -0.39 is 0 Å². The largest absolute Gasteiger partial charge is 0.507 e. The van der Waals surface area contributed by atoms with Crippen LogP contribution in [0, 0.1) is 6.92 Å². The lowest BCUT2D eigenvalue weighted by molar-refractivity contribution is 0.0948. The van der Waals surface area contributed by atoms with E-state index in [0.717, 1.165) is 11.1 Å². The minimum atomic E-state index is -0.295. The van der Waals surface area contributed by atoms with E-state index >= 15 is 0 Å². The number of amides is 1. The van der Waals surface area contributed by atoms with E-state index in [1.54, 1.807) is 30.6 Å². The summed E-state index contributed by atoms with van der Waals surface area (Å²) in [5.74, 6) is -0.311. The van der Waals surface area contributed by atoms with E-state index in [2.05, 4.69) is 10.3 Å². The maximum absolute atomic E-state index is 11.9. The van der Waals surface area contributed by atoms with Crippen LogP contribution in [0.25, 0.3) is 0 Å². The first kappa shape index (κ1) is 12.1. The van der Waals surface area contributed by atoms with Gasteiger partial charge in [-0.05, 0) is 36.2 Å². The van der Waals surface area contributed by atoms with Gasteiger partial charge in [-0.15, -0.1) is 0 Å². The third kappa shape index (κ3) is 2.66. The molecule has 0 bridgehead atoms. The van der Waals surface area contributed by atoms with Crippen molar-refractivity contribution < 1.29 is 9.90 Å². The molecule has 4 heteroatoms. The Kier molecular flexibility index (Phi) is 3.57. The van der Waals surface area contributed by atoms with Crippen LogP contribution in [0.4, 0.5) is 0 Å². The van der Waals surface area contributed by atoms with Gasteiger partial charge in [-0.2, -0.15) is 0 Å². The number of nitrogens with zero attached hydrogens (tertiary/aromatic N) is 1. The molecule has 4 nitrogen and oxygen atoms in total. The van der Waals surface area contributed by atoms with E-state index in [9.17, 15) is 9.90 Å². The number of aromatic hydroxyl groups is 1. The Morgan fingerprint density at radius 1 is 1.33 bits per heavy atom. The summed E-state index contributed by atoms with van der Waals surface area (Å²) in [5.41, 5.74) is 2.31. The van der Waals surface area contributed by atoms with Gasteiger partial charge in [0.15, 0.2) is 0 Å². The molecule has 2 rings (SSSR count). The Labute approximate surface area is 105 Å². The number of para-hydroxylation sites is 1. The van der Waals surface area contributed by atoms with Gasteiger partial charge in [-0.25, -0.2) is 0 Å². The van der Waals surface area contributed by atoms with Crippen LogP contribution >= 0.6 is 0 Å². The number of aromatic nitrogens is 1. The van der Waals surface area contributed by atoms with Gasteiger partial charge in [0.05, 0.1) is 5.56 Å². The molecule has 1 heterocycles. The molecular weight excluding hydrogens is 228 g/mol. The quantitative estimate of drug-likeness (QED) is 0.865. The maximum atomic E-state index is 11.9. The number of rotatable bonds is 3. The van der Waals surface area contributed by atoms with Gasteiger partial charge >= 0.3 is 0 Å². The van der Waals surface area contributed by atoms with Gasteiger partial charge in [0, 0.05) is 18.9 Å². The number of phenolic OH excluding ortho intramolecular Hbond substituents is 1.